The fourth-order valence-electron chi connectivity index (χ4n) is 1.91. The zero-order valence-corrected chi connectivity index (χ0v) is 9.60. The van der Waals surface area contributed by atoms with E-state index in [9.17, 15) is 4.91 Å². The highest BCUT2D eigenvalue weighted by atomic mass is 16.5. The summed E-state index contributed by atoms with van der Waals surface area (Å²) in [7, 11) is 1.63. The van der Waals surface area contributed by atoms with Crippen LogP contribution in [0, 0.1) is 4.91 Å². The molecular weight excluding hydrogens is 204 g/mol. The van der Waals surface area contributed by atoms with E-state index >= 15 is 0 Å². The Hall–Kier alpha value is -1.84. The lowest BCUT2D eigenvalue weighted by Gasteiger charge is -2.12. The molecule has 0 saturated heterocycles. The van der Waals surface area contributed by atoms with Crippen molar-refractivity contribution in [2.24, 2.45) is 5.18 Å². The molecule has 16 heavy (non-hydrogen) atoms. The lowest BCUT2D eigenvalue weighted by atomic mass is 10.2. The van der Waals surface area contributed by atoms with Crippen molar-refractivity contribution in [1.82, 2.24) is 4.57 Å². The number of hydrogen-bond donors (Lipinski definition) is 0. The molecule has 0 bridgehead atoms. The molecule has 0 amide bonds. The predicted molar refractivity (Wildman–Crippen MR) is 64.3 cm³/mol. The lowest BCUT2D eigenvalue weighted by Crippen LogP contribution is -1.99. The van der Waals surface area contributed by atoms with Gasteiger partial charge in [0.15, 0.2) is 0 Å². The molecule has 0 saturated carbocycles. The van der Waals surface area contributed by atoms with Crippen molar-refractivity contribution >= 4 is 16.6 Å². The first-order valence-corrected chi connectivity index (χ1v) is 5.20. The van der Waals surface area contributed by atoms with Crippen LogP contribution in [0.2, 0.25) is 0 Å². The van der Waals surface area contributed by atoms with Crippen LogP contribution >= 0.6 is 0 Å². The molecule has 1 aromatic carbocycles. The summed E-state index contributed by atoms with van der Waals surface area (Å²) in [4.78, 5) is 10.7. The summed E-state index contributed by atoms with van der Waals surface area (Å²) >= 11 is 0. The Labute approximate surface area is 93.8 Å². The number of ether oxygens (including phenoxy) is 1. The molecule has 4 heteroatoms. The molecule has 0 aliphatic heterocycles. The minimum Gasteiger partial charge on any atom is -0.495 e. The molecule has 0 N–H and O–H groups in total. The molecule has 84 valence electrons. The van der Waals surface area contributed by atoms with Crippen molar-refractivity contribution in [3.8, 4) is 5.75 Å². The molecule has 0 fully saturated rings. The molecule has 0 atom stereocenters. The van der Waals surface area contributed by atoms with Crippen molar-refractivity contribution in [1.29, 1.82) is 0 Å². The van der Waals surface area contributed by atoms with Crippen molar-refractivity contribution in [3.05, 3.63) is 29.3 Å². The summed E-state index contributed by atoms with van der Waals surface area (Å²) in [5.41, 5.74) is 1.38. The van der Waals surface area contributed by atoms with E-state index in [1.807, 2.05) is 12.3 Å². The normalized spacial score (nSPS) is 11.0. The monoisotopic (exact) mass is 218 g/mol. The first-order chi connectivity index (χ1) is 7.69. The molecule has 4 nitrogen and oxygen atoms in total. The summed E-state index contributed by atoms with van der Waals surface area (Å²) in [5.74, 6) is 0.765. The number of methoxy groups -OCH3 is 1. The zero-order chi connectivity index (χ0) is 11.7. The second-order valence-corrected chi connectivity index (χ2v) is 3.96. The Morgan fingerprint density at radius 2 is 2.06 bits per heavy atom. The highest BCUT2D eigenvalue weighted by molar-refractivity contribution is 5.95. The van der Waals surface area contributed by atoms with Gasteiger partial charge in [-0.15, -0.1) is 4.91 Å². The van der Waals surface area contributed by atoms with Gasteiger partial charge in [0.25, 0.3) is 0 Å². The Bertz CT molecular complexity index is 529. The van der Waals surface area contributed by atoms with Crippen LogP contribution in [0.25, 0.3) is 10.9 Å². The van der Waals surface area contributed by atoms with Gasteiger partial charge >= 0.3 is 0 Å². The molecule has 2 rings (SSSR count). The van der Waals surface area contributed by atoms with Crippen molar-refractivity contribution in [3.63, 3.8) is 0 Å². The van der Waals surface area contributed by atoms with Gasteiger partial charge in [0, 0.05) is 17.6 Å². The third kappa shape index (κ3) is 1.46. The number of benzene rings is 1. The average Bonchev–Trinajstić information content (AvgIpc) is 2.72. The fourth-order valence-corrected chi connectivity index (χ4v) is 1.91. The van der Waals surface area contributed by atoms with Crippen LogP contribution < -0.4 is 4.74 Å². The Kier molecular flexibility index (Phi) is 2.64. The second-order valence-electron chi connectivity index (χ2n) is 3.96. The quantitative estimate of drug-likeness (QED) is 0.738. The Morgan fingerprint density at radius 1 is 1.31 bits per heavy atom. The SMILES string of the molecule is COc1ccc(N=O)c2ccn(C(C)C)c12. The van der Waals surface area contributed by atoms with Gasteiger partial charge in [-0.3, -0.25) is 0 Å². The highest BCUT2D eigenvalue weighted by Crippen LogP contribution is 2.35. The standard InChI is InChI=1S/C12H14N2O2/c1-8(2)14-7-6-9-10(13-15)4-5-11(16-3)12(9)14/h4-8H,1-3H3. The fraction of sp³-hybridized carbons (Fsp3) is 0.333. The van der Waals surface area contributed by atoms with Crippen molar-refractivity contribution in [2.75, 3.05) is 7.11 Å². The lowest BCUT2D eigenvalue weighted by molar-refractivity contribution is 0.416. The van der Waals surface area contributed by atoms with Crippen LogP contribution in [0.1, 0.15) is 19.9 Å². The Balaban J connectivity index is 2.82. The van der Waals surface area contributed by atoms with Gasteiger partial charge in [0.1, 0.15) is 11.4 Å². The molecule has 0 spiro atoms. The summed E-state index contributed by atoms with van der Waals surface area (Å²) in [6.07, 6.45) is 1.95. The number of nitrogens with zero attached hydrogens (tertiary/aromatic N) is 2. The van der Waals surface area contributed by atoms with E-state index in [4.69, 9.17) is 4.74 Å². The molecule has 0 radical (unpaired) electrons. The van der Waals surface area contributed by atoms with Gasteiger partial charge in [0.2, 0.25) is 0 Å². The first-order valence-electron chi connectivity index (χ1n) is 5.20. The molecular formula is C12H14N2O2. The maximum absolute atomic E-state index is 10.7. The number of hydrogen-bond acceptors (Lipinski definition) is 3. The predicted octanol–water partition coefficient (Wildman–Crippen LogP) is 3.63. The van der Waals surface area contributed by atoms with Crippen molar-refractivity contribution in [2.45, 2.75) is 19.9 Å². The third-order valence-electron chi connectivity index (χ3n) is 2.69. The van der Waals surface area contributed by atoms with Crippen LogP contribution in [-0.4, -0.2) is 11.7 Å². The maximum atomic E-state index is 10.7. The topological polar surface area (TPSA) is 43.6 Å². The first kappa shape index (κ1) is 10.7. The van der Waals surface area contributed by atoms with E-state index in [1.165, 1.54) is 0 Å². The van der Waals surface area contributed by atoms with E-state index in [0.717, 1.165) is 16.7 Å². The van der Waals surface area contributed by atoms with Gasteiger partial charge in [-0.1, -0.05) is 0 Å². The van der Waals surface area contributed by atoms with Gasteiger partial charge in [-0.25, -0.2) is 0 Å². The molecule has 2 aromatic rings. The second kappa shape index (κ2) is 3.96. The van der Waals surface area contributed by atoms with E-state index in [2.05, 4.69) is 23.6 Å². The average molecular weight is 218 g/mol. The van der Waals surface area contributed by atoms with E-state index in [0.29, 0.717) is 11.7 Å². The number of rotatable bonds is 3. The van der Waals surface area contributed by atoms with Crippen molar-refractivity contribution < 1.29 is 4.74 Å². The summed E-state index contributed by atoms with van der Waals surface area (Å²) in [5, 5.41) is 3.86. The molecule has 0 aliphatic carbocycles. The van der Waals surface area contributed by atoms with Gasteiger partial charge in [-0.2, -0.15) is 0 Å². The largest absolute Gasteiger partial charge is 0.495 e. The smallest absolute Gasteiger partial charge is 0.143 e. The van der Waals surface area contributed by atoms with Gasteiger partial charge in [-0.05, 0) is 37.2 Å². The summed E-state index contributed by atoms with van der Waals surface area (Å²) in [6, 6.07) is 5.67. The van der Waals surface area contributed by atoms with Crippen LogP contribution in [0.5, 0.6) is 5.75 Å². The van der Waals surface area contributed by atoms with E-state index in [-0.39, 0.29) is 0 Å². The minimum absolute atomic E-state index is 0.313. The number of fused-ring (bicyclic) bond motifs is 1. The number of aromatic nitrogens is 1. The van der Waals surface area contributed by atoms with Crippen LogP contribution in [0.3, 0.4) is 0 Å². The Morgan fingerprint density at radius 3 is 2.62 bits per heavy atom. The van der Waals surface area contributed by atoms with E-state index < -0.39 is 0 Å². The third-order valence-corrected chi connectivity index (χ3v) is 2.69. The van der Waals surface area contributed by atoms with Crippen LogP contribution in [-0.2, 0) is 0 Å². The van der Waals surface area contributed by atoms with Gasteiger partial charge < -0.3 is 9.30 Å². The molecule has 0 unspecified atom stereocenters. The van der Waals surface area contributed by atoms with Crippen LogP contribution in [0.4, 0.5) is 5.69 Å². The maximum Gasteiger partial charge on any atom is 0.143 e. The molecule has 1 heterocycles. The molecule has 0 aliphatic rings. The van der Waals surface area contributed by atoms with Crippen LogP contribution in [0.15, 0.2) is 29.6 Å². The highest BCUT2D eigenvalue weighted by Gasteiger charge is 2.13. The molecule has 1 aromatic heterocycles. The zero-order valence-electron chi connectivity index (χ0n) is 9.60. The minimum atomic E-state index is 0.313. The van der Waals surface area contributed by atoms with Gasteiger partial charge in [0.05, 0.1) is 12.6 Å². The summed E-state index contributed by atoms with van der Waals surface area (Å²) < 4.78 is 7.38. The summed E-state index contributed by atoms with van der Waals surface area (Å²) in [6.45, 7) is 4.17. The van der Waals surface area contributed by atoms with E-state index in [1.54, 1.807) is 19.2 Å². The number of nitroso groups, excluding NO2 is 1.